The lowest BCUT2D eigenvalue weighted by molar-refractivity contribution is -0.146. The molecule has 1 fully saturated rings. The van der Waals surface area contributed by atoms with Crippen LogP contribution < -0.4 is 5.32 Å². The molecule has 0 bridgehead atoms. The Morgan fingerprint density at radius 3 is 2.94 bits per heavy atom. The van der Waals surface area contributed by atoms with Crippen molar-refractivity contribution >= 4 is 5.97 Å². The molecule has 0 saturated heterocycles. The Morgan fingerprint density at radius 2 is 2.33 bits per heavy atom. The first kappa shape index (κ1) is 13.0. The molecule has 1 aliphatic rings. The van der Waals surface area contributed by atoms with Gasteiger partial charge in [0.1, 0.15) is 6.04 Å². The van der Waals surface area contributed by atoms with E-state index in [2.05, 4.69) is 10.3 Å². The molecule has 0 amide bonds. The first-order valence-electron chi connectivity index (χ1n) is 6.64. The number of carbonyl (C=O) groups excluding carboxylic acids is 1. The average molecular weight is 248 g/mol. The molecule has 1 aromatic rings. The minimum absolute atomic E-state index is 0.211. The minimum atomic E-state index is -0.387. The van der Waals surface area contributed by atoms with E-state index in [9.17, 15) is 4.79 Å². The van der Waals surface area contributed by atoms with Gasteiger partial charge in [0.25, 0.3) is 0 Å². The van der Waals surface area contributed by atoms with Gasteiger partial charge >= 0.3 is 5.97 Å². The van der Waals surface area contributed by atoms with Crippen LogP contribution in [0.1, 0.15) is 44.2 Å². The predicted molar refractivity (Wildman–Crippen MR) is 69.0 cm³/mol. The fourth-order valence-electron chi connectivity index (χ4n) is 2.40. The van der Waals surface area contributed by atoms with Crippen LogP contribution in [-0.4, -0.2) is 23.6 Å². The molecule has 4 nitrogen and oxygen atoms in total. The molecule has 1 aliphatic carbocycles. The Kier molecular flexibility index (Phi) is 4.70. The molecule has 1 N–H and O–H groups in total. The van der Waals surface area contributed by atoms with Gasteiger partial charge in [-0.1, -0.05) is 18.9 Å². The highest BCUT2D eigenvalue weighted by atomic mass is 16.5. The van der Waals surface area contributed by atoms with Gasteiger partial charge in [0, 0.05) is 18.4 Å². The molecule has 2 rings (SSSR count). The van der Waals surface area contributed by atoms with Gasteiger partial charge in [0.15, 0.2) is 0 Å². The van der Waals surface area contributed by atoms with Gasteiger partial charge in [0.2, 0.25) is 0 Å². The van der Waals surface area contributed by atoms with E-state index in [1.54, 1.807) is 12.4 Å². The van der Waals surface area contributed by atoms with Crippen molar-refractivity contribution in [1.82, 2.24) is 10.3 Å². The molecule has 0 aromatic carbocycles. The molecule has 98 valence electrons. The summed E-state index contributed by atoms with van der Waals surface area (Å²) >= 11 is 0. The van der Waals surface area contributed by atoms with Gasteiger partial charge < -0.3 is 4.74 Å². The first-order valence-corrected chi connectivity index (χ1v) is 6.64. The van der Waals surface area contributed by atoms with E-state index in [-0.39, 0.29) is 12.0 Å². The Bertz CT molecular complexity index is 375. The van der Waals surface area contributed by atoms with Crippen molar-refractivity contribution in [1.29, 1.82) is 0 Å². The highest BCUT2D eigenvalue weighted by Crippen LogP contribution is 2.22. The zero-order valence-corrected chi connectivity index (χ0v) is 10.8. The third kappa shape index (κ3) is 3.29. The van der Waals surface area contributed by atoms with Gasteiger partial charge in [-0.15, -0.1) is 0 Å². The summed E-state index contributed by atoms with van der Waals surface area (Å²) in [5.74, 6) is -0.211. The standard InChI is InChI=1S/C14H20N2O2/c1-2-18-14(17)13(11-6-5-9-15-10-11)16-12-7-3-4-8-12/h5-6,9-10,12-13,16H,2-4,7-8H2,1H3. The number of hydrogen-bond donors (Lipinski definition) is 1. The van der Waals surface area contributed by atoms with Crippen LogP contribution >= 0.6 is 0 Å². The van der Waals surface area contributed by atoms with Crippen LogP contribution in [0.4, 0.5) is 0 Å². The summed E-state index contributed by atoms with van der Waals surface area (Å²) < 4.78 is 5.14. The zero-order chi connectivity index (χ0) is 12.8. The molecule has 18 heavy (non-hydrogen) atoms. The summed E-state index contributed by atoms with van der Waals surface area (Å²) in [6.45, 7) is 2.23. The van der Waals surface area contributed by atoms with Crippen LogP contribution in [0.5, 0.6) is 0 Å². The molecular formula is C14H20N2O2. The molecule has 0 spiro atoms. The minimum Gasteiger partial charge on any atom is -0.465 e. The summed E-state index contributed by atoms with van der Waals surface area (Å²) in [5, 5.41) is 3.40. The maximum Gasteiger partial charge on any atom is 0.327 e. The number of hydrogen-bond acceptors (Lipinski definition) is 4. The van der Waals surface area contributed by atoms with E-state index >= 15 is 0 Å². The molecular weight excluding hydrogens is 228 g/mol. The van der Waals surface area contributed by atoms with Crippen LogP contribution in [0.25, 0.3) is 0 Å². The van der Waals surface area contributed by atoms with Crippen molar-refractivity contribution in [3.05, 3.63) is 30.1 Å². The summed E-state index contributed by atoms with van der Waals surface area (Å²) in [4.78, 5) is 16.1. The van der Waals surface area contributed by atoms with Crippen molar-refractivity contribution in [2.75, 3.05) is 6.61 Å². The van der Waals surface area contributed by atoms with Crippen molar-refractivity contribution < 1.29 is 9.53 Å². The second kappa shape index (κ2) is 6.50. The van der Waals surface area contributed by atoms with Crippen molar-refractivity contribution in [2.45, 2.75) is 44.7 Å². The van der Waals surface area contributed by atoms with Crippen molar-refractivity contribution in [3.63, 3.8) is 0 Å². The Balaban J connectivity index is 2.09. The zero-order valence-electron chi connectivity index (χ0n) is 10.8. The van der Waals surface area contributed by atoms with E-state index in [0.717, 1.165) is 18.4 Å². The fourth-order valence-corrected chi connectivity index (χ4v) is 2.40. The van der Waals surface area contributed by atoms with Gasteiger partial charge in [-0.25, -0.2) is 4.79 Å². The number of pyridine rings is 1. The van der Waals surface area contributed by atoms with Gasteiger partial charge in [0.05, 0.1) is 6.61 Å². The SMILES string of the molecule is CCOC(=O)C(NC1CCCC1)c1cccnc1. The fraction of sp³-hybridized carbons (Fsp3) is 0.571. The number of carbonyl (C=O) groups is 1. The second-order valence-electron chi connectivity index (χ2n) is 4.62. The lowest BCUT2D eigenvalue weighted by atomic mass is 10.1. The van der Waals surface area contributed by atoms with Crippen LogP contribution in [0.2, 0.25) is 0 Å². The average Bonchev–Trinajstić information content (AvgIpc) is 2.90. The van der Waals surface area contributed by atoms with Gasteiger partial charge in [-0.3, -0.25) is 10.3 Å². The largest absolute Gasteiger partial charge is 0.465 e. The van der Waals surface area contributed by atoms with E-state index < -0.39 is 0 Å². The van der Waals surface area contributed by atoms with E-state index in [4.69, 9.17) is 4.74 Å². The van der Waals surface area contributed by atoms with E-state index in [1.165, 1.54) is 12.8 Å². The number of ether oxygens (including phenoxy) is 1. The number of aromatic nitrogens is 1. The third-order valence-electron chi connectivity index (χ3n) is 3.30. The van der Waals surface area contributed by atoms with Crippen LogP contribution in [0.3, 0.4) is 0 Å². The summed E-state index contributed by atoms with van der Waals surface area (Å²) in [6, 6.07) is 3.79. The topological polar surface area (TPSA) is 51.2 Å². The smallest absolute Gasteiger partial charge is 0.327 e. The molecule has 1 heterocycles. The first-order chi connectivity index (χ1) is 8.81. The molecule has 1 saturated carbocycles. The number of rotatable bonds is 5. The van der Waals surface area contributed by atoms with Crippen LogP contribution in [0, 0.1) is 0 Å². The predicted octanol–water partition coefficient (Wildman–Crippen LogP) is 2.22. The molecule has 0 aliphatic heterocycles. The Morgan fingerprint density at radius 1 is 1.56 bits per heavy atom. The molecule has 1 aromatic heterocycles. The monoisotopic (exact) mass is 248 g/mol. The van der Waals surface area contributed by atoms with Crippen molar-refractivity contribution in [3.8, 4) is 0 Å². The lowest BCUT2D eigenvalue weighted by Crippen LogP contribution is -2.36. The maximum absolute atomic E-state index is 12.0. The van der Waals surface area contributed by atoms with Crippen LogP contribution in [-0.2, 0) is 9.53 Å². The second-order valence-corrected chi connectivity index (χ2v) is 4.62. The Hall–Kier alpha value is -1.42. The molecule has 1 atom stereocenters. The molecule has 4 heteroatoms. The van der Waals surface area contributed by atoms with Crippen LogP contribution in [0.15, 0.2) is 24.5 Å². The normalized spacial score (nSPS) is 17.6. The quantitative estimate of drug-likeness (QED) is 0.812. The summed E-state index contributed by atoms with van der Waals surface area (Å²) in [6.07, 6.45) is 8.18. The summed E-state index contributed by atoms with van der Waals surface area (Å²) in [5.41, 5.74) is 0.878. The van der Waals surface area contributed by atoms with Crippen molar-refractivity contribution in [2.24, 2.45) is 0 Å². The molecule has 1 unspecified atom stereocenters. The Labute approximate surface area is 108 Å². The van der Waals surface area contributed by atoms with Gasteiger partial charge in [-0.05, 0) is 31.4 Å². The lowest BCUT2D eigenvalue weighted by Gasteiger charge is -2.21. The highest BCUT2D eigenvalue weighted by molar-refractivity contribution is 5.77. The maximum atomic E-state index is 12.0. The number of nitrogens with one attached hydrogen (secondary N) is 1. The summed E-state index contributed by atoms with van der Waals surface area (Å²) in [7, 11) is 0. The number of esters is 1. The van der Waals surface area contributed by atoms with E-state index in [1.807, 2.05) is 19.1 Å². The highest BCUT2D eigenvalue weighted by Gasteiger charge is 2.26. The molecule has 0 radical (unpaired) electrons. The van der Waals surface area contributed by atoms with E-state index in [0.29, 0.717) is 12.6 Å². The third-order valence-corrected chi connectivity index (χ3v) is 3.30. The number of nitrogens with zero attached hydrogens (tertiary/aromatic N) is 1. The van der Waals surface area contributed by atoms with Gasteiger partial charge in [-0.2, -0.15) is 0 Å².